The Morgan fingerprint density at radius 2 is 1.84 bits per heavy atom. The van der Waals surface area contributed by atoms with Crippen LogP contribution in [0.5, 0.6) is 0 Å². The van der Waals surface area contributed by atoms with E-state index >= 15 is 0 Å². The van der Waals surface area contributed by atoms with E-state index in [9.17, 15) is 18.3 Å². The van der Waals surface area contributed by atoms with Gasteiger partial charge in [-0.25, -0.2) is 4.63 Å². The van der Waals surface area contributed by atoms with Gasteiger partial charge in [-0.2, -0.15) is 13.2 Å². The number of rotatable bonds is 5. The van der Waals surface area contributed by atoms with Gasteiger partial charge in [-0.15, -0.1) is 0 Å². The summed E-state index contributed by atoms with van der Waals surface area (Å²) in [6.07, 6.45) is -2.62. The molecule has 0 radical (unpaired) electrons. The van der Waals surface area contributed by atoms with E-state index in [1.807, 2.05) is 6.07 Å². The van der Waals surface area contributed by atoms with Crippen molar-refractivity contribution >= 4 is 16.7 Å². The summed E-state index contributed by atoms with van der Waals surface area (Å²) in [5.74, 6) is 0. The number of anilines is 1. The Kier molecular flexibility index (Phi) is 5.54. The van der Waals surface area contributed by atoms with E-state index < -0.39 is 12.3 Å². The first kappa shape index (κ1) is 21.2. The summed E-state index contributed by atoms with van der Waals surface area (Å²) in [6.45, 7) is 4.13. The maximum Gasteiger partial charge on any atom is 0.418 e. The van der Waals surface area contributed by atoms with Crippen molar-refractivity contribution in [3.63, 3.8) is 0 Å². The number of benzene rings is 2. The molecule has 0 saturated carbocycles. The number of alkyl halides is 3. The molecule has 2 aliphatic heterocycles. The molecule has 2 atom stereocenters. The van der Waals surface area contributed by atoms with Gasteiger partial charge in [-0.1, -0.05) is 18.2 Å². The molecule has 2 aromatic carbocycles. The monoisotopic (exact) mass is 446 g/mol. The minimum Gasteiger partial charge on any atom is -0.379 e. The predicted octanol–water partition coefficient (Wildman–Crippen LogP) is 4.55. The van der Waals surface area contributed by atoms with Gasteiger partial charge in [0.05, 0.1) is 5.69 Å². The van der Waals surface area contributed by atoms with Crippen molar-refractivity contribution in [1.29, 1.82) is 0 Å². The number of aliphatic hydroxyl groups is 1. The van der Waals surface area contributed by atoms with Crippen LogP contribution in [-0.2, 0) is 0 Å². The highest BCUT2D eigenvalue weighted by Crippen LogP contribution is 2.38. The first-order chi connectivity index (χ1) is 15.4. The van der Waals surface area contributed by atoms with Crippen LogP contribution in [0.4, 0.5) is 18.9 Å². The summed E-state index contributed by atoms with van der Waals surface area (Å²) in [5, 5.41) is 17.8. The number of aromatic nitrogens is 2. The number of nitrogens with zero attached hydrogens (tertiary/aromatic N) is 4. The van der Waals surface area contributed by atoms with E-state index in [1.54, 1.807) is 12.1 Å². The Balaban J connectivity index is 1.51. The third kappa shape index (κ3) is 4.06. The van der Waals surface area contributed by atoms with E-state index in [0.717, 1.165) is 44.7 Å². The van der Waals surface area contributed by atoms with Gasteiger partial charge >= 0.3 is 6.18 Å². The smallest absolute Gasteiger partial charge is 0.379 e. The van der Waals surface area contributed by atoms with Crippen molar-refractivity contribution < 1.29 is 22.9 Å². The van der Waals surface area contributed by atoms with Crippen molar-refractivity contribution in [2.24, 2.45) is 0 Å². The Morgan fingerprint density at radius 3 is 2.62 bits per heavy atom. The second-order valence-corrected chi connectivity index (χ2v) is 8.69. The second-order valence-electron chi connectivity index (χ2n) is 8.69. The van der Waals surface area contributed by atoms with Crippen molar-refractivity contribution in [3.8, 4) is 11.1 Å². The van der Waals surface area contributed by atoms with Gasteiger partial charge in [-0.3, -0.25) is 0 Å². The van der Waals surface area contributed by atoms with Crippen LogP contribution in [0.1, 0.15) is 37.4 Å². The Hall–Kier alpha value is -2.65. The van der Waals surface area contributed by atoms with Crippen LogP contribution in [0.3, 0.4) is 0 Å². The molecule has 32 heavy (non-hydrogen) atoms. The second kappa shape index (κ2) is 8.37. The minimum absolute atomic E-state index is 0.192. The first-order valence-corrected chi connectivity index (χ1v) is 11.0. The molecule has 6 nitrogen and oxygen atoms in total. The normalized spacial score (nSPS) is 21.0. The summed E-state index contributed by atoms with van der Waals surface area (Å²) in [4.78, 5) is 4.83. The fourth-order valence-corrected chi connectivity index (χ4v) is 4.94. The molecule has 9 heteroatoms. The molecular weight excluding hydrogens is 421 g/mol. The lowest BCUT2D eigenvalue weighted by atomic mass is 9.99. The maximum absolute atomic E-state index is 13.0. The van der Waals surface area contributed by atoms with Crippen LogP contribution in [0.2, 0.25) is 0 Å². The zero-order chi connectivity index (χ0) is 22.3. The lowest BCUT2D eigenvalue weighted by Crippen LogP contribution is -2.39. The van der Waals surface area contributed by atoms with E-state index in [2.05, 4.69) is 20.1 Å². The highest BCUT2D eigenvalue weighted by molar-refractivity contribution is 5.93. The quantitative estimate of drug-likeness (QED) is 0.620. The predicted molar refractivity (Wildman–Crippen MR) is 114 cm³/mol. The standard InChI is InChI=1S/C23H25F3N4O2/c24-23(25,26)22(31)16-6-3-5-15(11-16)17-12-19-21(28-32-27-19)20(13-17)30-10-4-7-18(30)14-29-8-1-2-9-29/h3,5-6,11-13,18,22,31H,1-2,4,7-10,14H2/t18-,22?/m0/s1. The SMILES string of the molecule is OC(c1cccc(-c2cc(N3CCC[C@H]3CN3CCCC3)c3nonc3c2)c1)C(F)(F)F. The van der Waals surface area contributed by atoms with E-state index in [0.29, 0.717) is 28.2 Å². The van der Waals surface area contributed by atoms with Crippen LogP contribution in [0.15, 0.2) is 41.0 Å². The zero-order valence-electron chi connectivity index (χ0n) is 17.6. The molecule has 0 amide bonds. The van der Waals surface area contributed by atoms with Crippen LogP contribution >= 0.6 is 0 Å². The van der Waals surface area contributed by atoms with Crippen LogP contribution in [-0.4, -0.2) is 58.7 Å². The van der Waals surface area contributed by atoms with E-state index in [-0.39, 0.29) is 5.56 Å². The third-order valence-corrected chi connectivity index (χ3v) is 6.54. The average molecular weight is 446 g/mol. The van der Waals surface area contributed by atoms with Gasteiger partial charge in [0.2, 0.25) is 0 Å². The molecule has 5 rings (SSSR count). The molecule has 0 aliphatic carbocycles. The third-order valence-electron chi connectivity index (χ3n) is 6.54. The summed E-state index contributed by atoms with van der Waals surface area (Å²) in [7, 11) is 0. The highest BCUT2D eigenvalue weighted by atomic mass is 19.4. The molecule has 2 fully saturated rings. The topological polar surface area (TPSA) is 65.6 Å². The highest BCUT2D eigenvalue weighted by Gasteiger charge is 2.39. The number of halogens is 3. The van der Waals surface area contributed by atoms with Crippen molar-refractivity contribution in [3.05, 3.63) is 42.0 Å². The van der Waals surface area contributed by atoms with Gasteiger partial charge in [0.1, 0.15) is 5.52 Å². The molecule has 1 aromatic heterocycles. The van der Waals surface area contributed by atoms with E-state index in [1.165, 1.54) is 31.0 Å². The molecular formula is C23H25F3N4O2. The fraction of sp³-hybridized carbons (Fsp3) is 0.478. The molecule has 0 spiro atoms. The largest absolute Gasteiger partial charge is 0.418 e. The van der Waals surface area contributed by atoms with Gasteiger partial charge in [0, 0.05) is 19.1 Å². The fourth-order valence-electron chi connectivity index (χ4n) is 4.94. The number of aliphatic hydroxyl groups excluding tert-OH is 1. The lowest BCUT2D eigenvalue weighted by Gasteiger charge is -2.30. The minimum atomic E-state index is -4.72. The Morgan fingerprint density at radius 1 is 1.03 bits per heavy atom. The lowest BCUT2D eigenvalue weighted by molar-refractivity contribution is -0.206. The van der Waals surface area contributed by atoms with E-state index in [4.69, 9.17) is 4.63 Å². The van der Waals surface area contributed by atoms with Crippen LogP contribution in [0.25, 0.3) is 22.2 Å². The molecule has 2 aliphatic rings. The van der Waals surface area contributed by atoms with Crippen molar-refractivity contribution in [2.45, 2.75) is 44.0 Å². The number of hydrogen-bond donors (Lipinski definition) is 1. The van der Waals surface area contributed by atoms with Gasteiger partial charge < -0.3 is 14.9 Å². The van der Waals surface area contributed by atoms with Gasteiger partial charge in [-0.05, 0) is 84.0 Å². The summed E-state index contributed by atoms with van der Waals surface area (Å²) in [5.41, 5.74) is 3.21. The number of hydrogen-bond acceptors (Lipinski definition) is 6. The number of fused-ring (bicyclic) bond motifs is 1. The average Bonchev–Trinajstić information content (AvgIpc) is 3.54. The summed E-state index contributed by atoms with van der Waals surface area (Å²) in [6, 6.07) is 9.98. The van der Waals surface area contributed by atoms with Crippen molar-refractivity contribution in [1.82, 2.24) is 15.2 Å². The number of likely N-dealkylation sites (tertiary alicyclic amines) is 1. The van der Waals surface area contributed by atoms with Gasteiger partial charge in [0.15, 0.2) is 11.6 Å². The summed E-state index contributed by atoms with van der Waals surface area (Å²) >= 11 is 0. The zero-order valence-corrected chi connectivity index (χ0v) is 17.6. The molecule has 0 bridgehead atoms. The molecule has 2 saturated heterocycles. The van der Waals surface area contributed by atoms with Crippen LogP contribution in [0, 0.1) is 0 Å². The summed E-state index contributed by atoms with van der Waals surface area (Å²) < 4.78 is 44.1. The first-order valence-electron chi connectivity index (χ1n) is 11.0. The molecule has 1 unspecified atom stereocenters. The molecule has 170 valence electrons. The molecule has 3 aromatic rings. The maximum atomic E-state index is 13.0. The van der Waals surface area contributed by atoms with Crippen molar-refractivity contribution in [2.75, 3.05) is 31.1 Å². The molecule has 1 N–H and O–H groups in total. The molecule has 3 heterocycles. The Bertz CT molecular complexity index is 1090. The van der Waals surface area contributed by atoms with Gasteiger partial charge in [0.25, 0.3) is 0 Å². The Labute approximate surface area is 183 Å². The van der Waals surface area contributed by atoms with Crippen LogP contribution < -0.4 is 4.90 Å².